The van der Waals surface area contributed by atoms with Gasteiger partial charge in [0.05, 0.1) is 0 Å². The first-order valence-electron chi connectivity index (χ1n) is 2.01. The van der Waals surface area contributed by atoms with Crippen LogP contribution in [0.5, 0.6) is 0 Å². The van der Waals surface area contributed by atoms with Crippen LogP contribution < -0.4 is 5.32 Å². The fourth-order valence-corrected chi connectivity index (χ4v) is 0.249. The van der Waals surface area contributed by atoms with E-state index >= 15 is 0 Å². The first kappa shape index (κ1) is 10.3. The van der Waals surface area contributed by atoms with Crippen molar-refractivity contribution in [2.45, 2.75) is 13.8 Å². The van der Waals surface area contributed by atoms with Crippen LogP contribution in [0.15, 0.2) is 0 Å². The molecule has 0 aromatic rings. The van der Waals surface area contributed by atoms with Gasteiger partial charge < -0.3 is 8.17 Å². The minimum atomic E-state index is 0. The zero-order valence-corrected chi connectivity index (χ0v) is 6.24. The van der Waals surface area contributed by atoms with Crippen molar-refractivity contribution in [3.63, 3.8) is 0 Å². The molecule has 1 N–H and O–H groups in total. The van der Waals surface area contributed by atoms with Crippen molar-refractivity contribution in [1.29, 1.82) is 0 Å². The van der Waals surface area contributed by atoms with E-state index in [9.17, 15) is 4.79 Å². The summed E-state index contributed by atoms with van der Waals surface area (Å²) >= 11 is 0. The van der Waals surface area contributed by atoms with E-state index < -0.39 is 0 Å². The van der Waals surface area contributed by atoms with Crippen LogP contribution in [0.25, 0.3) is 0 Å². The summed E-state index contributed by atoms with van der Waals surface area (Å²) in [5, 5.41) is 2.57. The third kappa shape index (κ3) is 10.7. The molecule has 2 nitrogen and oxygen atoms in total. The topological polar surface area (TPSA) is 29.1 Å². The van der Waals surface area contributed by atoms with E-state index in [-0.39, 0.29) is 31.8 Å². The molecule has 3 heteroatoms. The Bertz CT molecular complexity index is 62.5. The van der Waals surface area contributed by atoms with Crippen LogP contribution in [0.1, 0.15) is 16.7 Å². The molecular weight excluding hydrogens is 102 g/mol. The maximum absolute atomic E-state index is 9.93. The van der Waals surface area contributed by atoms with E-state index in [1.165, 1.54) is 6.92 Å². The van der Waals surface area contributed by atoms with Gasteiger partial charge in [0, 0.05) is 13.5 Å². The Morgan fingerprint density at radius 3 is 2.29 bits per heavy atom. The third-order valence-corrected chi connectivity index (χ3v) is 0.426. The molecule has 0 fully saturated rings. The van der Waals surface area contributed by atoms with Crippen LogP contribution in [0.4, 0.5) is 0 Å². The Morgan fingerprint density at radius 1 is 1.86 bits per heavy atom. The molecule has 0 saturated carbocycles. The van der Waals surface area contributed by atoms with E-state index in [0.717, 1.165) is 6.54 Å². The van der Waals surface area contributed by atoms with Gasteiger partial charge in [-0.15, -0.1) is 0 Å². The van der Waals surface area contributed by atoms with Gasteiger partial charge >= 0.3 is 23.1 Å². The number of amides is 1. The Kier molecular flexibility index (Phi) is 9.14. The minimum Gasteiger partial charge on any atom is -1.00 e. The normalized spacial score (nSPS) is 6.57. The number of rotatable bonds is 1. The summed E-state index contributed by atoms with van der Waals surface area (Å²) in [5.41, 5.74) is 0. The monoisotopic (exact) mass is 113 g/mol. The molecule has 0 radical (unpaired) electrons. The molecule has 0 saturated heterocycles. The standard InChI is InChI=1S/C4H9NO.Mg.2H/c1-3-5-4(2)6;;;/h3H2,1-2H3,(H,5,6);;;/q;+2;2*-1. The average molecular weight is 113 g/mol. The maximum atomic E-state index is 9.93. The third-order valence-electron chi connectivity index (χ3n) is 0.426. The van der Waals surface area contributed by atoms with Gasteiger partial charge in [-0.2, -0.15) is 0 Å². The average Bonchev–Trinajstić information content (AvgIpc) is 1.35. The van der Waals surface area contributed by atoms with Crippen LogP contribution in [0.2, 0.25) is 0 Å². The van der Waals surface area contributed by atoms with Gasteiger partial charge in [-0.1, -0.05) is 0 Å². The van der Waals surface area contributed by atoms with Gasteiger partial charge in [0.25, 0.3) is 0 Å². The second kappa shape index (κ2) is 6.24. The molecule has 0 aliphatic rings. The quantitative estimate of drug-likeness (QED) is 0.476. The summed E-state index contributed by atoms with van der Waals surface area (Å²) in [4.78, 5) is 9.93. The van der Waals surface area contributed by atoms with Gasteiger partial charge in [-0.05, 0) is 6.92 Å². The number of nitrogens with one attached hydrogen (secondary N) is 1. The fraction of sp³-hybridized carbons (Fsp3) is 0.750. The Labute approximate surface area is 62.8 Å². The molecule has 0 rings (SSSR count). The van der Waals surface area contributed by atoms with Crippen molar-refractivity contribution in [3.8, 4) is 0 Å². The van der Waals surface area contributed by atoms with Gasteiger partial charge in [0.1, 0.15) is 0 Å². The predicted octanol–water partition coefficient (Wildman–Crippen LogP) is -0.0134. The Hall–Kier alpha value is 0.236. The first-order valence-corrected chi connectivity index (χ1v) is 2.01. The maximum Gasteiger partial charge on any atom is 2.00 e. The van der Waals surface area contributed by atoms with Crippen molar-refractivity contribution >= 4 is 29.0 Å². The zero-order chi connectivity index (χ0) is 4.99. The van der Waals surface area contributed by atoms with Crippen molar-refractivity contribution in [1.82, 2.24) is 5.32 Å². The molecule has 40 valence electrons. The van der Waals surface area contributed by atoms with Crippen LogP contribution in [0.3, 0.4) is 0 Å². The molecule has 0 unspecified atom stereocenters. The fourth-order valence-electron chi connectivity index (χ4n) is 0.249. The largest absolute Gasteiger partial charge is 2.00 e. The molecule has 0 heterocycles. The molecule has 0 atom stereocenters. The number of hydrogen-bond acceptors (Lipinski definition) is 1. The van der Waals surface area contributed by atoms with Crippen LogP contribution in [-0.2, 0) is 4.79 Å². The van der Waals surface area contributed by atoms with Crippen LogP contribution >= 0.6 is 0 Å². The molecule has 0 bridgehead atoms. The van der Waals surface area contributed by atoms with Crippen molar-refractivity contribution in [3.05, 3.63) is 0 Å². The molecule has 0 aliphatic heterocycles. The summed E-state index contributed by atoms with van der Waals surface area (Å²) in [7, 11) is 0. The second-order valence-electron chi connectivity index (χ2n) is 1.09. The summed E-state index contributed by atoms with van der Waals surface area (Å²) < 4.78 is 0. The van der Waals surface area contributed by atoms with E-state index in [2.05, 4.69) is 5.32 Å². The number of carbonyl (C=O) groups is 1. The Morgan fingerprint density at radius 2 is 2.29 bits per heavy atom. The molecule has 1 amide bonds. The zero-order valence-electron chi connectivity index (χ0n) is 6.82. The second-order valence-corrected chi connectivity index (χ2v) is 1.09. The van der Waals surface area contributed by atoms with Crippen molar-refractivity contribution in [2.24, 2.45) is 0 Å². The van der Waals surface area contributed by atoms with E-state index in [1.54, 1.807) is 0 Å². The van der Waals surface area contributed by atoms with E-state index in [0.29, 0.717) is 0 Å². The van der Waals surface area contributed by atoms with Crippen LogP contribution in [-0.4, -0.2) is 35.5 Å². The summed E-state index contributed by atoms with van der Waals surface area (Å²) in [6, 6.07) is 0. The summed E-state index contributed by atoms with van der Waals surface area (Å²) in [6.07, 6.45) is 0. The van der Waals surface area contributed by atoms with E-state index in [1.807, 2.05) is 6.92 Å². The van der Waals surface area contributed by atoms with E-state index in [4.69, 9.17) is 0 Å². The van der Waals surface area contributed by atoms with Crippen molar-refractivity contribution < 1.29 is 7.65 Å². The molecule has 0 aromatic heterocycles. The van der Waals surface area contributed by atoms with Crippen molar-refractivity contribution in [2.75, 3.05) is 6.54 Å². The molecule has 0 spiro atoms. The minimum absolute atomic E-state index is 0. The first-order chi connectivity index (χ1) is 2.77. The van der Waals surface area contributed by atoms with Gasteiger partial charge in [-0.25, -0.2) is 0 Å². The van der Waals surface area contributed by atoms with Crippen LogP contribution in [0, 0.1) is 0 Å². The molecule has 7 heavy (non-hydrogen) atoms. The number of carbonyl (C=O) groups excluding carboxylic acids is 1. The smallest absolute Gasteiger partial charge is 1.00 e. The predicted molar refractivity (Wildman–Crippen MR) is 32.3 cm³/mol. The summed E-state index contributed by atoms with van der Waals surface area (Å²) in [6.45, 7) is 4.13. The Balaban J connectivity index is -0.0000000417. The van der Waals surface area contributed by atoms with Gasteiger partial charge in [0.15, 0.2) is 0 Å². The summed E-state index contributed by atoms with van der Waals surface area (Å²) in [5.74, 6) is 0.0394. The molecular formula is C4H11MgNO. The SMILES string of the molecule is CCNC(C)=O.[H-].[H-].[Mg+2]. The number of hydrogen-bond donors (Lipinski definition) is 1. The molecule has 0 aromatic carbocycles. The molecule has 0 aliphatic carbocycles. The van der Waals surface area contributed by atoms with Gasteiger partial charge in [0.2, 0.25) is 5.91 Å². The van der Waals surface area contributed by atoms with Gasteiger partial charge in [-0.3, -0.25) is 4.79 Å².